The lowest BCUT2D eigenvalue weighted by molar-refractivity contribution is -0.119. The summed E-state index contributed by atoms with van der Waals surface area (Å²) < 4.78 is 1.63. The maximum Gasteiger partial charge on any atom is 0.233 e. The van der Waals surface area contributed by atoms with Crippen molar-refractivity contribution in [2.75, 3.05) is 7.05 Å². The summed E-state index contributed by atoms with van der Waals surface area (Å²) in [6, 6.07) is 7.88. The number of rotatable bonds is 4. The number of carbonyl (C=O) groups excluding carboxylic acids is 1. The van der Waals surface area contributed by atoms with Crippen LogP contribution in [0.2, 0.25) is 0 Å². The molecule has 0 fully saturated rings. The molecule has 2 aromatic rings. The summed E-state index contributed by atoms with van der Waals surface area (Å²) in [5.41, 5.74) is 2.05. The predicted octanol–water partition coefficient (Wildman–Crippen LogP) is 1.20. The van der Waals surface area contributed by atoms with Crippen molar-refractivity contribution in [3.8, 4) is 5.69 Å². The molecule has 1 N–H and O–H groups in total. The van der Waals surface area contributed by atoms with Crippen molar-refractivity contribution in [3.63, 3.8) is 0 Å². The van der Waals surface area contributed by atoms with Crippen LogP contribution in [0, 0.1) is 6.92 Å². The minimum Gasteiger partial charge on any atom is -0.358 e. The van der Waals surface area contributed by atoms with Gasteiger partial charge in [-0.15, -0.1) is 5.10 Å². The third-order valence-electron chi connectivity index (χ3n) is 2.62. The summed E-state index contributed by atoms with van der Waals surface area (Å²) in [5.74, 6) is -0.0524. The number of carbonyl (C=O) groups is 1. The van der Waals surface area contributed by atoms with E-state index in [4.69, 9.17) is 0 Å². The van der Waals surface area contributed by atoms with E-state index in [1.54, 1.807) is 11.7 Å². The zero-order valence-electron chi connectivity index (χ0n) is 11.0. The summed E-state index contributed by atoms with van der Waals surface area (Å²) in [6.07, 6.45) is 0. The molecule has 1 aromatic carbocycles. The monoisotopic (exact) mass is 277 g/mol. The molecule has 100 valence electrons. The molecule has 0 aliphatic rings. The molecule has 7 heteroatoms. The van der Waals surface area contributed by atoms with E-state index in [0.717, 1.165) is 5.69 Å². The average Bonchev–Trinajstić information content (AvgIpc) is 2.86. The predicted molar refractivity (Wildman–Crippen MR) is 73.3 cm³/mol. The third-order valence-corrected chi connectivity index (χ3v) is 3.65. The standard InChI is InChI=1S/C12H15N5OS/c1-8-4-6-10(7-5-8)17-12(14-15-16-17)19-9(2)11(18)13-3/h4-7,9H,1-3H3,(H,13,18)/t9-/m1/s1. The lowest BCUT2D eigenvalue weighted by Gasteiger charge is -2.09. The highest BCUT2D eigenvalue weighted by atomic mass is 32.2. The topological polar surface area (TPSA) is 72.7 Å². The summed E-state index contributed by atoms with van der Waals surface area (Å²) in [7, 11) is 1.61. The Morgan fingerprint density at radius 2 is 2.05 bits per heavy atom. The van der Waals surface area contributed by atoms with Crippen molar-refractivity contribution >= 4 is 17.7 Å². The van der Waals surface area contributed by atoms with Crippen LogP contribution in [0.3, 0.4) is 0 Å². The van der Waals surface area contributed by atoms with Crippen LogP contribution in [-0.2, 0) is 4.79 Å². The molecule has 1 heterocycles. The summed E-state index contributed by atoms with van der Waals surface area (Å²) >= 11 is 1.32. The number of nitrogens with zero attached hydrogens (tertiary/aromatic N) is 4. The van der Waals surface area contributed by atoms with Crippen LogP contribution in [0.15, 0.2) is 29.4 Å². The van der Waals surface area contributed by atoms with Gasteiger partial charge in [-0.2, -0.15) is 4.68 Å². The number of hydrogen-bond acceptors (Lipinski definition) is 5. The molecule has 0 aliphatic heterocycles. The van der Waals surface area contributed by atoms with Gasteiger partial charge in [-0.05, 0) is 36.4 Å². The molecule has 0 aliphatic carbocycles. The van der Waals surface area contributed by atoms with Gasteiger partial charge in [0.2, 0.25) is 11.1 Å². The summed E-state index contributed by atoms with van der Waals surface area (Å²) in [5, 5.41) is 14.5. The summed E-state index contributed by atoms with van der Waals surface area (Å²) in [6.45, 7) is 3.84. The Morgan fingerprint density at radius 3 is 2.68 bits per heavy atom. The van der Waals surface area contributed by atoms with E-state index in [0.29, 0.717) is 5.16 Å². The minimum absolute atomic E-state index is 0.0524. The van der Waals surface area contributed by atoms with Crippen LogP contribution in [0.25, 0.3) is 5.69 Å². The van der Waals surface area contributed by atoms with Gasteiger partial charge >= 0.3 is 0 Å². The molecule has 0 radical (unpaired) electrons. The number of thioether (sulfide) groups is 1. The van der Waals surface area contributed by atoms with Crippen LogP contribution in [-0.4, -0.2) is 38.4 Å². The zero-order chi connectivity index (χ0) is 13.8. The van der Waals surface area contributed by atoms with Crippen LogP contribution < -0.4 is 5.32 Å². The molecular weight excluding hydrogens is 262 g/mol. The fourth-order valence-electron chi connectivity index (χ4n) is 1.52. The zero-order valence-corrected chi connectivity index (χ0v) is 11.8. The molecule has 0 unspecified atom stereocenters. The van der Waals surface area contributed by atoms with Crippen LogP contribution >= 0.6 is 11.8 Å². The number of nitrogens with one attached hydrogen (secondary N) is 1. The lowest BCUT2D eigenvalue weighted by Crippen LogP contribution is -2.27. The molecule has 6 nitrogen and oxygen atoms in total. The van der Waals surface area contributed by atoms with Gasteiger partial charge in [0, 0.05) is 7.05 Å². The molecule has 1 amide bonds. The van der Waals surface area contributed by atoms with E-state index < -0.39 is 0 Å². The Labute approximate surface area is 115 Å². The van der Waals surface area contributed by atoms with E-state index in [1.165, 1.54) is 17.3 Å². The molecule has 0 saturated carbocycles. The quantitative estimate of drug-likeness (QED) is 0.850. The van der Waals surface area contributed by atoms with Gasteiger partial charge in [0.1, 0.15) is 0 Å². The molecule has 19 heavy (non-hydrogen) atoms. The molecule has 2 rings (SSSR count). The Bertz CT molecular complexity index is 566. The fourth-order valence-corrected chi connectivity index (χ4v) is 2.38. The molecule has 0 saturated heterocycles. The van der Waals surface area contributed by atoms with Gasteiger partial charge in [0.05, 0.1) is 10.9 Å². The van der Waals surface area contributed by atoms with Gasteiger partial charge < -0.3 is 5.32 Å². The van der Waals surface area contributed by atoms with Crippen molar-refractivity contribution in [2.45, 2.75) is 24.3 Å². The largest absolute Gasteiger partial charge is 0.358 e. The first kappa shape index (κ1) is 13.5. The number of hydrogen-bond donors (Lipinski definition) is 1. The molecule has 1 atom stereocenters. The molecule has 0 bridgehead atoms. The van der Waals surface area contributed by atoms with Gasteiger partial charge in [0.15, 0.2) is 0 Å². The van der Waals surface area contributed by atoms with E-state index in [1.807, 2.05) is 38.1 Å². The Hall–Kier alpha value is -1.89. The number of tetrazole rings is 1. The summed E-state index contributed by atoms with van der Waals surface area (Å²) in [4.78, 5) is 11.5. The first-order chi connectivity index (χ1) is 9.11. The number of aromatic nitrogens is 4. The van der Waals surface area contributed by atoms with Crippen molar-refractivity contribution in [2.24, 2.45) is 0 Å². The molecule has 0 spiro atoms. The number of amides is 1. The van der Waals surface area contributed by atoms with Gasteiger partial charge in [-0.1, -0.05) is 29.5 Å². The molecular formula is C12H15N5OS. The first-order valence-corrected chi connectivity index (χ1v) is 6.73. The SMILES string of the molecule is CNC(=O)[C@@H](C)Sc1nnnn1-c1ccc(C)cc1. The highest BCUT2D eigenvalue weighted by Crippen LogP contribution is 2.22. The molecule has 1 aromatic heterocycles. The van der Waals surface area contributed by atoms with Gasteiger partial charge in [-0.3, -0.25) is 4.79 Å². The number of aryl methyl sites for hydroxylation is 1. The number of benzene rings is 1. The van der Waals surface area contributed by atoms with Crippen molar-refractivity contribution < 1.29 is 4.79 Å². The highest BCUT2D eigenvalue weighted by molar-refractivity contribution is 8.00. The second kappa shape index (κ2) is 5.83. The maximum atomic E-state index is 11.5. The van der Waals surface area contributed by atoms with E-state index in [-0.39, 0.29) is 11.2 Å². The average molecular weight is 277 g/mol. The maximum absolute atomic E-state index is 11.5. The second-order valence-electron chi connectivity index (χ2n) is 4.08. The Morgan fingerprint density at radius 1 is 1.37 bits per heavy atom. The second-order valence-corrected chi connectivity index (χ2v) is 5.39. The minimum atomic E-state index is -0.250. The van der Waals surface area contributed by atoms with E-state index in [9.17, 15) is 4.79 Å². The smallest absolute Gasteiger partial charge is 0.233 e. The van der Waals surface area contributed by atoms with Crippen LogP contribution in [0.4, 0.5) is 0 Å². The van der Waals surface area contributed by atoms with Crippen molar-refractivity contribution in [3.05, 3.63) is 29.8 Å². The highest BCUT2D eigenvalue weighted by Gasteiger charge is 2.17. The Kier molecular flexibility index (Phi) is 4.16. The Balaban J connectivity index is 2.22. The van der Waals surface area contributed by atoms with Crippen LogP contribution in [0.1, 0.15) is 12.5 Å². The fraction of sp³-hybridized carbons (Fsp3) is 0.333. The lowest BCUT2D eigenvalue weighted by atomic mass is 10.2. The van der Waals surface area contributed by atoms with E-state index in [2.05, 4.69) is 20.8 Å². The van der Waals surface area contributed by atoms with Crippen molar-refractivity contribution in [1.29, 1.82) is 0 Å². The van der Waals surface area contributed by atoms with Crippen molar-refractivity contribution in [1.82, 2.24) is 25.5 Å². The van der Waals surface area contributed by atoms with Crippen LogP contribution in [0.5, 0.6) is 0 Å². The van der Waals surface area contributed by atoms with Gasteiger partial charge in [-0.25, -0.2) is 0 Å². The van der Waals surface area contributed by atoms with E-state index >= 15 is 0 Å². The third kappa shape index (κ3) is 3.11. The first-order valence-electron chi connectivity index (χ1n) is 5.85. The van der Waals surface area contributed by atoms with Gasteiger partial charge in [0.25, 0.3) is 0 Å². The normalized spacial score (nSPS) is 12.2.